The first-order chi connectivity index (χ1) is 11.3. The number of aromatic nitrogens is 2. The number of fused-ring (bicyclic) bond motifs is 1. The van der Waals surface area contributed by atoms with Crippen molar-refractivity contribution in [3.05, 3.63) is 40.5 Å². The van der Waals surface area contributed by atoms with E-state index in [1.165, 1.54) is 10.6 Å². The van der Waals surface area contributed by atoms with Crippen LogP contribution in [0.25, 0.3) is 0 Å². The standard InChI is InChI=1S/C17H22N4OS/c1-12-16(23-11-20-12)9-21-7-14-13(10-22-15(14)8-21)6-19-17-4-2-3-5-18-17/h2-5,11,13-15H,6-10H2,1H3,(H,18,19)/t13-,14-,15-/m0/s1. The molecule has 23 heavy (non-hydrogen) atoms. The fraction of sp³-hybridized carbons (Fsp3) is 0.529. The summed E-state index contributed by atoms with van der Waals surface area (Å²) in [5.41, 5.74) is 3.11. The number of nitrogens with one attached hydrogen (secondary N) is 1. The van der Waals surface area contributed by atoms with Crippen molar-refractivity contribution in [1.29, 1.82) is 0 Å². The molecule has 0 aromatic carbocycles. The summed E-state index contributed by atoms with van der Waals surface area (Å²) in [4.78, 5) is 12.6. The molecule has 2 saturated heterocycles. The Hall–Kier alpha value is -1.50. The molecule has 0 spiro atoms. The summed E-state index contributed by atoms with van der Waals surface area (Å²) in [6.07, 6.45) is 2.21. The molecular weight excluding hydrogens is 308 g/mol. The lowest BCUT2D eigenvalue weighted by Gasteiger charge is -2.19. The van der Waals surface area contributed by atoms with Gasteiger partial charge in [-0.1, -0.05) is 6.07 Å². The van der Waals surface area contributed by atoms with Gasteiger partial charge in [0, 0.05) is 49.1 Å². The second-order valence-corrected chi connectivity index (χ2v) is 7.39. The summed E-state index contributed by atoms with van der Waals surface area (Å²) in [5.74, 6) is 2.14. The molecule has 2 aromatic rings. The summed E-state index contributed by atoms with van der Waals surface area (Å²) in [5, 5.41) is 3.45. The summed E-state index contributed by atoms with van der Waals surface area (Å²) >= 11 is 1.76. The van der Waals surface area contributed by atoms with E-state index >= 15 is 0 Å². The number of anilines is 1. The van der Waals surface area contributed by atoms with Crippen molar-refractivity contribution in [3.63, 3.8) is 0 Å². The van der Waals surface area contributed by atoms with Crippen LogP contribution in [0.4, 0.5) is 5.82 Å². The Morgan fingerprint density at radius 2 is 2.30 bits per heavy atom. The smallest absolute Gasteiger partial charge is 0.125 e. The number of nitrogens with zero attached hydrogens (tertiary/aromatic N) is 3. The van der Waals surface area contributed by atoms with Crippen molar-refractivity contribution in [2.24, 2.45) is 11.8 Å². The molecule has 2 aliphatic heterocycles. The monoisotopic (exact) mass is 330 g/mol. The molecule has 3 atom stereocenters. The maximum atomic E-state index is 6.04. The third-order valence-electron chi connectivity index (χ3n) is 4.94. The van der Waals surface area contributed by atoms with Crippen LogP contribution < -0.4 is 5.32 Å². The molecule has 2 fully saturated rings. The first-order valence-corrected chi connectivity index (χ1v) is 9.05. The average Bonchev–Trinajstić information content (AvgIpc) is 3.24. The zero-order valence-electron chi connectivity index (χ0n) is 13.3. The maximum absolute atomic E-state index is 6.04. The zero-order chi connectivity index (χ0) is 15.6. The molecule has 2 aromatic heterocycles. The molecule has 122 valence electrons. The molecule has 0 radical (unpaired) electrons. The number of pyridine rings is 1. The molecule has 0 amide bonds. The van der Waals surface area contributed by atoms with Crippen LogP contribution in [0.15, 0.2) is 29.9 Å². The molecule has 4 heterocycles. The largest absolute Gasteiger partial charge is 0.376 e. The Kier molecular flexibility index (Phi) is 4.29. The number of likely N-dealkylation sites (tertiary alicyclic amines) is 1. The summed E-state index contributed by atoms with van der Waals surface area (Å²) < 4.78 is 6.04. The number of ether oxygens (including phenoxy) is 1. The molecule has 1 N–H and O–H groups in total. The fourth-order valence-electron chi connectivity index (χ4n) is 3.60. The third kappa shape index (κ3) is 3.24. The molecule has 2 aliphatic rings. The first-order valence-electron chi connectivity index (χ1n) is 8.17. The zero-order valence-corrected chi connectivity index (χ0v) is 14.1. The predicted octanol–water partition coefficient (Wildman–Crippen LogP) is 2.41. The van der Waals surface area contributed by atoms with Gasteiger partial charge in [-0.05, 0) is 19.1 Å². The van der Waals surface area contributed by atoms with Crippen molar-refractivity contribution in [2.75, 3.05) is 31.6 Å². The molecule has 0 aliphatic carbocycles. The van der Waals surface area contributed by atoms with Crippen LogP contribution in [-0.4, -0.2) is 47.2 Å². The van der Waals surface area contributed by atoms with Gasteiger partial charge >= 0.3 is 0 Å². The number of thiazole rings is 1. The molecule has 5 nitrogen and oxygen atoms in total. The lowest BCUT2D eigenvalue weighted by molar-refractivity contribution is 0.0947. The van der Waals surface area contributed by atoms with Crippen LogP contribution in [0, 0.1) is 18.8 Å². The van der Waals surface area contributed by atoms with Crippen molar-refractivity contribution in [2.45, 2.75) is 19.6 Å². The van der Waals surface area contributed by atoms with E-state index in [1.54, 1.807) is 11.3 Å². The summed E-state index contributed by atoms with van der Waals surface area (Å²) in [7, 11) is 0. The van der Waals surface area contributed by atoms with Gasteiger partial charge in [0.05, 0.1) is 23.9 Å². The maximum Gasteiger partial charge on any atom is 0.125 e. The number of aryl methyl sites for hydroxylation is 1. The van der Waals surface area contributed by atoms with Crippen LogP contribution in [0.3, 0.4) is 0 Å². The van der Waals surface area contributed by atoms with Crippen molar-refractivity contribution < 1.29 is 4.74 Å². The Bertz CT molecular complexity index is 647. The predicted molar refractivity (Wildman–Crippen MR) is 91.6 cm³/mol. The van der Waals surface area contributed by atoms with Gasteiger partial charge in [-0.15, -0.1) is 11.3 Å². The van der Waals surface area contributed by atoms with Gasteiger partial charge in [0.1, 0.15) is 5.82 Å². The molecule has 0 unspecified atom stereocenters. The normalized spacial score (nSPS) is 27.3. The van der Waals surface area contributed by atoms with Gasteiger partial charge in [-0.2, -0.15) is 0 Å². The Labute approximate surface area is 140 Å². The minimum atomic E-state index is 0.388. The van der Waals surface area contributed by atoms with E-state index in [0.717, 1.165) is 38.6 Å². The highest BCUT2D eigenvalue weighted by atomic mass is 32.1. The van der Waals surface area contributed by atoms with Gasteiger partial charge in [-0.3, -0.25) is 4.90 Å². The molecular formula is C17H22N4OS. The minimum absolute atomic E-state index is 0.388. The lowest BCUT2D eigenvalue weighted by Crippen LogP contribution is -2.27. The van der Waals surface area contributed by atoms with Crippen molar-refractivity contribution >= 4 is 17.2 Å². The molecule has 6 heteroatoms. The molecule has 4 rings (SSSR count). The Balaban J connectivity index is 1.33. The van der Waals surface area contributed by atoms with Gasteiger partial charge in [0.25, 0.3) is 0 Å². The van der Waals surface area contributed by atoms with Crippen LogP contribution in [0.2, 0.25) is 0 Å². The quantitative estimate of drug-likeness (QED) is 0.912. The van der Waals surface area contributed by atoms with Crippen molar-refractivity contribution in [3.8, 4) is 0 Å². The van der Waals surface area contributed by atoms with E-state index in [4.69, 9.17) is 4.74 Å². The number of hydrogen-bond donors (Lipinski definition) is 1. The highest BCUT2D eigenvalue weighted by Gasteiger charge is 2.43. The van der Waals surface area contributed by atoms with Gasteiger partial charge in [-0.25, -0.2) is 9.97 Å². The van der Waals surface area contributed by atoms with E-state index in [2.05, 4.69) is 27.1 Å². The summed E-state index contributed by atoms with van der Waals surface area (Å²) in [6.45, 7) is 7.07. The second-order valence-electron chi connectivity index (χ2n) is 6.45. The fourth-order valence-corrected chi connectivity index (χ4v) is 4.42. The lowest BCUT2D eigenvalue weighted by atomic mass is 9.93. The Morgan fingerprint density at radius 3 is 3.09 bits per heavy atom. The minimum Gasteiger partial charge on any atom is -0.376 e. The third-order valence-corrected chi connectivity index (χ3v) is 5.86. The highest BCUT2D eigenvalue weighted by molar-refractivity contribution is 7.09. The van der Waals surface area contributed by atoms with Crippen LogP contribution in [-0.2, 0) is 11.3 Å². The molecule has 0 saturated carbocycles. The van der Waals surface area contributed by atoms with Crippen LogP contribution in [0.5, 0.6) is 0 Å². The van der Waals surface area contributed by atoms with Crippen LogP contribution in [0.1, 0.15) is 10.6 Å². The molecule has 0 bridgehead atoms. The van der Waals surface area contributed by atoms with E-state index < -0.39 is 0 Å². The SMILES string of the molecule is Cc1ncsc1CN1C[C@H]2[C@@H](CNc3ccccn3)CO[C@H]2C1. The van der Waals surface area contributed by atoms with Gasteiger partial charge < -0.3 is 10.1 Å². The number of hydrogen-bond acceptors (Lipinski definition) is 6. The number of rotatable bonds is 5. The van der Waals surface area contributed by atoms with Gasteiger partial charge in [0.15, 0.2) is 0 Å². The van der Waals surface area contributed by atoms with Crippen LogP contribution >= 0.6 is 11.3 Å². The second kappa shape index (κ2) is 6.55. The highest BCUT2D eigenvalue weighted by Crippen LogP contribution is 2.34. The summed E-state index contributed by atoms with van der Waals surface area (Å²) in [6, 6.07) is 5.97. The van der Waals surface area contributed by atoms with E-state index in [9.17, 15) is 0 Å². The van der Waals surface area contributed by atoms with Gasteiger partial charge in [0.2, 0.25) is 0 Å². The van der Waals surface area contributed by atoms with E-state index in [0.29, 0.717) is 17.9 Å². The van der Waals surface area contributed by atoms with Crippen molar-refractivity contribution in [1.82, 2.24) is 14.9 Å². The average molecular weight is 330 g/mol. The Morgan fingerprint density at radius 1 is 1.35 bits per heavy atom. The van der Waals surface area contributed by atoms with E-state index in [-0.39, 0.29) is 0 Å². The topological polar surface area (TPSA) is 50.3 Å². The van der Waals surface area contributed by atoms with E-state index in [1.807, 2.05) is 29.9 Å². The first kappa shape index (κ1) is 15.1.